The topological polar surface area (TPSA) is 71.3 Å². The molecule has 2 aromatic heterocycles. The Kier molecular flexibility index (Phi) is 6.12. The van der Waals surface area contributed by atoms with Crippen LogP contribution in [0, 0.1) is 11.3 Å². The molecule has 0 amide bonds. The Balaban J connectivity index is 1.30. The normalized spacial score (nSPS) is 21.8. The fourth-order valence-corrected chi connectivity index (χ4v) is 5.19. The zero-order chi connectivity index (χ0) is 22.8. The van der Waals surface area contributed by atoms with Gasteiger partial charge in [0, 0.05) is 81.4 Å². The molecule has 2 unspecified atom stereocenters. The Morgan fingerprint density at radius 3 is 2.48 bits per heavy atom. The van der Waals surface area contributed by atoms with E-state index in [1.165, 1.54) is 5.56 Å². The Labute approximate surface area is 195 Å². The number of nitrogens with one attached hydrogen (secondary N) is 1. The van der Waals surface area contributed by atoms with E-state index in [0.717, 1.165) is 68.2 Å². The van der Waals surface area contributed by atoms with Crippen LogP contribution in [0.5, 0.6) is 0 Å². The summed E-state index contributed by atoms with van der Waals surface area (Å²) < 4.78 is 0. The zero-order valence-corrected chi connectivity index (χ0v) is 19.4. The van der Waals surface area contributed by atoms with E-state index in [9.17, 15) is 5.26 Å². The van der Waals surface area contributed by atoms with E-state index >= 15 is 0 Å². The van der Waals surface area contributed by atoms with Gasteiger partial charge in [0.1, 0.15) is 11.9 Å². The van der Waals surface area contributed by atoms with E-state index in [-0.39, 0.29) is 0 Å². The van der Waals surface area contributed by atoms with Gasteiger partial charge in [-0.15, -0.1) is 0 Å². The molecule has 170 valence electrons. The van der Waals surface area contributed by atoms with Crippen LogP contribution in [0.3, 0.4) is 0 Å². The first kappa shape index (κ1) is 21.6. The predicted octanol–water partition coefficient (Wildman–Crippen LogP) is 3.01. The van der Waals surface area contributed by atoms with Crippen molar-refractivity contribution in [1.29, 1.82) is 5.26 Å². The number of nitrogens with zero attached hydrogens (tertiary/aromatic N) is 6. The number of hydrogen-bond donors (Lipinski definition) is 1. The standard InChI is InChI=1S/C26H31N7/c1-19-16-32(24-7-6-22(14-27)26-23(24)4-3-9-29-26)17-20(2)33(19)18-21-5-8-25(30-15-21)31-12-10-28-11-13-31/h3-9,15,19-20,28H,10-13,16-18H2,1-2H3. The fourth-order valence-electron chi connectivity index (χ4n) is 5.19. The second-order valence-corrected chi connectivity index (χ2v) is 9.18. The van der Waals surface area contributed by atoms with Gasteiger partial charge >= 0.3 is 0 Å². The minimum atomic E-state index is 0.393. The first-order valence-corrected chi connectivity index (χ1v) is 11.8. The molecule has 5 rings (SSSR count). The smallest absolute Gasteiger partial charge is 0.128 e. The number of fused-ring (bicyclic) bond motifs is 1. The van der Waals surface area contributed by atoms with Crippen LogP contribution in [0.4, 0.5) is 11.5 Å². The Bertz CT molecular complexity index is 1140. The van der Waals surface area contributed by atoms with E-state index < -0.39 is 0 Å². The highest BCUT2D eigenvalue weighted by Gasteiger charge is 2.30. The molecular formula is C26H31N7. The van der Waals surface area contributed by atoms with Crippen LogP contribution in [0.25, 0.3) is 10.9 Å². The molecule has 0 saturated carbocycles. The summed E-state index contributed by atoms with van der Waals surface area (Å²) in [5.41, 5.74) is 3.84. The van der Waals surface area contributed by atoms with Crippen LogP contribution < -0.4 is 15.1 Å². The van der Waals surface area contributed by atoms with Crippen LogP contribution in [0.2, 0.25) is 0 Å². The molecule has 0 radical (unpaired) electrons. The largest absolute Gasteiger partial charge is 0.368 e. The molecule has 2 atom stereocenters. The van der Waals surface area contributed by atoms with Gasteiger partial charge in [-0.25, -0.2) is 4.98 Å². The van der Waals surface area contributed by atoms with Gasteiger partial charge in [0.25, 0.3) is 0 Å². The highest BCUT2D eigenvalue weighted by atomic mass is 15.3. The number of pyridine rings is 2. The third-order valence-electron chi connectivity index (χ3n) is 6.92. The number of aromatic nitrogens is 2. The maximum Gasteiger partial charge on any atom is 0.128 e. The molecule has 0 aliphatic carbocycles. The lowest BCUT2D eigenvalue weighted by molar-refractivity contribution is 0.123. The van der Waals surface area contributed by atoms with Crippen LogP contribution >= 0.6 is 0 Å². The molecule has 1 aromatic carbocycles. The van der Waals surface area contributed by atoms with Crippen molar-refractivity contribution >= 4 is 22.4 Å². The van der Waals surface area contributed by atoms with E-state index in [2.05, 4.69) is 69.2 Å². The van der Waals surface area contributed by atoms with Crippen molar-refractivity contribution in [3.8, 4) is 6.07 Å². The number of hydrogen-bond acceptors (Lipinski definition) is 7. The molecule has 7 heteroatoms. The van der Waals surface area contributed by atoms with Crippen LogP contribution in [0.1, 0.15) is 25.0 Å². The summed E-state index contributed by atoms with van der Waals surface area (Å²) in [7, 11) is 0. The first-order chi connectivity index (χ1) is 16.1. The molecule has 2 aliphatic heterocycles. The van der Waals surface area contributed by atoms with Gasteiger partial charge in [-0.05, 0) is 49.7 Å². The second kappa shape index (κ2) is 9.34. The minimum absolute atomic E-state index is 0.393. The first-order valence-electron chi connectivity index (χ1n) is 11.8. The van der Waals surface area contributed by atoms with E-state index in [1.54, 1.807) is 6.20 Å². The lowest BCUT2D eigenvalue weighted by Gasteiger charge is -2.45. The van der Waals surface area contributed by atoms with Crippen molar-refractivity contribution < 1.29 is 0 Å². The molecule has 2 fully saturated rings. The summed E-state index contributed by atoms with van der Waals surface area (Å²) in [6.45, 7) is 11.5. The number of benzene rings is 1. The quantitative estimate of drug-likeness (QED) is 0.667. The summed E-state index contributed by atoms with van der Waals surface area (Å²) in [6.07, 6.45) is 3.81. The average molecular weight is 442 g/mol. The van der Waals surface area contributed by atoms with Gasteiger partial charge in [-0.1, -0.05) is 6.07 Å². The second-order valence-electron chi connectivity index (χ2n) is 9.18. The Hall–Kier alpha value is -3.21. The average Bonchev–Trinajstić information content (AvgIpc) is 2.86. The molecule has 0 spiro atoms. The number of nitriles is 1. The van der Waals surface area contributed by atoms with Crippen LogP contribution in [-0.4, -0.2) is 66.2 Å². The number of piperazine rings is 2. The van der Waals surface area contributed by atoms with Gasteiger partial charge in [0.05, 0.1) is 11.1 Å². The van der Waals surface area contributed by atoms with Gasteiger partial charge in [-0.3, -0.25) is 9.88 Å². The summed E-state index contributed by atoms with van der Waals surface area (Å²) in [5, 5.41) is 13.9. The highest BCUT2D eigenvalue weighted by Crippen LogP contribution is 2.31. The van der Waals surface area contributed by atoms with Crippen LogP contribution in [-0.2, 0) is 6.54 Å². The van der Waals surface area contributed by atoms with Gasteiger partial charge < -0.3 is 15.1 Å². The summed E-state index contributed by atoms with van der Waals surface area (Å²) in [6, 6.07) is 15.5. The fraction of sp³-hybridized carbons (Fsp3) is 0.423. The maximum absolute atomic E-state index is 9.47. The molecule has 3 aromatic rings. The van der Waals surface area contributed by atoms with Crippen molar-refractivity contribution in [1.82, 2.24) is 20.2 Å². The molecule has 2 aliphatic rings. The van der Waals surface area contributed by atoms with Crippen LogP contribution in [0.15, 0.2) is 48.8 Å². The maximum atomic E-state index is 9.47. The van der Waals surface area contributed by atoms with Crippen molar-refractivity contribution in [2.75, 3.05) is 49.1 Å². The molecule has 4 heterocycles. The van der Waals surface area contributed by atoms with Crippen molar-refractivity contribution in [3.05, 3.63) is 59.9 Å². The van der Waals surface area contributed by atoms with Gasteiger partial charge in [-0.2, -0.15) is 5.26 Å². The predicted molar refractivity (Wildman–Crippen MR) is 132 cm³/mol. The molecule has 0 bridgehead atoms. The van der Waals surface area contributed by atoms with E-state index in [4.69, 9.17) is 4.98 Å². The van der Waals surface area contributed by atoms with Gasteiger partial charge in [0.15, 0.2) is 0 Å². The monoisotopic (exact) mass is 441 g/mol. The Morgan fingerprint density at radius 2 is 1.79 bits per heavy atom. The molecular weight excluding hydrogens is 410 g/mol. The van der Waals surface area contributed by atoms with E-state index in [1.807, 2.05) is 18.3 Å². The van der Waals surface area contributed by atoms with Crippen molar-refractivity contribution in [2.24, 2.45) is 0 Å². The van der Waals surface area contributed by atoms with Crippen molar-refractivity contribution in [2.45, 2.75) is 32.5 Å². The molecule has 2 saturated heterocycles. The zero-order valence-electron chi connectivity index (χ0n) is 19.4. The number of anilines is 2. The molecule has 7 nitrogen and oxygen atoms in total. The van der Waals surface area contributed by atoms with Crippen molar-refractivity contribution in [3.63, 3.8) is 0 Å². The number of rotatable bonds is 4. The highest BCUT2D eigenvalue weighted by molar-refractivity contribution is 5.95. The lowest BCUT2D eigenvalue weighted by atomic mass is 10.0. The third-order valence-corrected chi connectivity index (χ3v) is 6.92. The third kappa shape index (κ3) is 4.37. The Morgan fingerprint density at radius 1 is 1.00 bits per heavy atom. The summed E-state index contributed by atoms with van der Waals surface area (Å²) in [4.78, 5) is 16.6. The minimum Gasteiger partial charge on any atom is -0.368 e. The summed E-state index contributed by atoms with van der Waals surface area (Å²) >= 11 is 0. The molecule has 1 N–H and O–H groups in total. The summed E-state index contributed by atoms with van der Waals surface area (Å²) in [5.74, 6) is 1.08. The molecule has 33 heavy (non-hydrogen) atoms. The SMILES string of the molecule is CC1CN(c2ccc(C#N)c3ncccc23)CC(C)N1Cc1ccc(N2CCNCC2)nc1. The van der Waals surface area contributed by atoms with E-state index in [0.29, 0.717) is 17.6 Å². The lowest BCUT2D eigenvalue weighted by Crippen LogP contribution is -2.56. The van der Waals surface area contributed by atoms with Gasteiger partial charge in [0.2, 0.25) is 0 Å².